The largest absolute Gasteiger partial charge is 0.456 e. The summed E-state index contributed by atoms with van der Waals surface area (Å²) in [6, 6.07) is 18.2. The second-order valence-electron chi connectivity index (χ2n) is 18.8. The molecule has 5 saturated carbocycles. The molecule has 7 nitrogen and oxygen atoms in total. The van der Waals surface area contributed by atoms with E-state index in [2.05, 4.69) is 62.1 Å². The first-order valence-corrected chi connectivity index (χ1v) is 21.3. The summed E-state index contributed by atoms with van der Waals surface area (Å²) in [5, 5.41) is 2.48. The van der Waals surface area contributed by atoms with Gasteiger partial charge in [0.2, 0.25) is 11.8 Å². The molecule has 10 fully saturated rings. The van der Waals surface area contributed by atoms with E-state index in [-0.39, 0.29) is 30.0 Å². The second kappa shape index (κ2) is 10.3. The molecule has 266 valence electrons. The number of piperidine rings is 2. The number of rotatable bonds is 1. The molecule has 14 atom stereocenters. The van der Waals surface area contributed by atoms with E-state index in [1.165, 1.54) is 80.7 Å². The number of amides is 2. The van der Waals surface area contributed by atoms with Crippen molar-refractivity contribution in [2.45, 2.75) is 151 Å². The van der Waals surface area contributed by atoms with Crippen LogP contribution in [-0.2, 0) is 9.59 Å². The summed E-state index contributed by atoms with van der Waals surface area (Å²) in [6.07, 6.45) is 17.9. The average molecular weight is 685 g/mol. The summed E-state index contributed by atoms with van der Waals surface area (Å²) in [6.45, 7) is 0. The van der Waals surface area contributed by atoms with E-state index >= 15 is 9.59 Å². The zero-order valence-corrected chi connectivity index (χ0v) is 29.8. The predicted octanol–water partition coefficient (Wildman–Crippen LogP) is 7.35. The molecule has 5 saturated heterocycles. The first-order valence-electron chi connectivity index (χ1n) is 21.3. The van der Waals surface area contributed by atoms with E-state index in [0.29, 0.717) is 71.7 Å². The van der Waals surface area contributed by atoms with Crippen LogP contribution in [0.4, 0.5) is 5.69 Å². The van der Waals surface area contributed by atoms with Crippen LogP contribution in [0.15, 0.2) is 46.9 Å². The van der Waals surface area contributed by atoms with E-state index in [1.807, 2.05) is 0 Å². The van der Waals surface area contributed by atoms with Crippen molar-refractivity contribution in [3.63, 3.8) is 0 Å². The number of nitrogens with zero attached hydrogens (tertiary/aromatic N) is 4. The summed E-state index contributed by atoms with van der Waals surface area (Å²) in [5.74, 6) is 3.76. The minimum Gasteiger partial charge on any atom is -0.456 e. The molecule has 13 rings (SSSR count). The van der Waals surface area contributed by atoms with Gasteiger partial charge >= 0.3 is 0 Å². The van der Waals surface area contributed by atoms with E-state index in [0.717, 1.165) is 43.3 Å². The summed E-state index contributed by atoms with van der Waals surface area (Å²) in [5.41, 5.74) is 3.29. The number of para-hydroxylation sites is 1. The van der Waals surface area contributed by atoms with Crippen molar-refractivity contribution >= 4 is 39.4 Å². The van der Waals surface area contributed by atoms with Gasteiger partial charge in [-0.3, -0.25) is 14.5 Å². The van der Waals surface area contributed by atoms with E-state index in [9.17, 15) is 0 Å². The molecule has 3 aromatic rings. The fourth-order valence-electron chi connectivity index (χ4n) is 16.1. The third-order valence-corrected chi connectivity index (χ3v) is 17.4. The zero-order valence-electron chi connectivity index (χ0n) is 29.8. The third-order valence-electron chi connectivity index (χ3n) is 17.4. The van der Waals surface area contributed by atoms with Gasteiger partial charge in [0.1, 0.15) is 11.2 Å². The zero-order chi connectivity index (χ0) is 33.3. The lowest BCUT2D eigenvalue weighted by atomic mass is 9.53. The highest BCUT2D eigenvalue weighted by Gasteiger charge is 2.73. The molecular weight excluding hydrogens is 633 g/mol. The molecule has 51 heavy (non-hydrogen) atoms. The fraction of sp³-hybridized carbons (Fsp3) is 0.682. The van der Waals surface area contributed by atoms with E-state index < -0.39 is 0 Å². The minimum absolute atomic E-state index is 0.219. The van der Waals surface area contributed by atoms with Gasteiger partial charge < -0.3 is 19.1 Å². The van der Waals surface area contributed by atoms with Crippen molar-refractivity contribution in [2.24, 2.45) is 35.5 Å². The van der Waals surface area contributed by atoms with Crippen LogP contribution in [0.2, 0.25) is 0 Å². The molecule has 10 aliphatic rings. The van der Waals surface area contributed by atoms with Gasteiger partial charge in [-0.1, -0.05) is 49.9 Å². The van der Waals surface area contributed by atoms with Crippen molar-refractivity contribution in [1.82, 2.24) is 14.7 Å². The van der Waals surface area contributed by atoms with Gasteiger partial charge in [-0.25, -0.2) is 0 Å². The van der Waals surface area contributed by atoms with Crippen molar-refractivity contribution in [2.75, 3.05) is 4.90 Å². The average Bonchev–Trinajstić information content (AvgIpc) is 3.57. The number of hydrogen-bond acceptors (Lipinski definition) is 5. The summed E-state index contributed by atoms with van der Waals surface area (Å²) in [4.78, 5) is 41.5. The number of hydrogen-bond donors (Lipinski definition) is 0. The van der Waals surface area contributed by atoms with E-state index in [4.69, 9.17) is 4.42 Å². The maximum atomic E-state index is 15.1. The van der Waals surface area contributed by atoms with Crippen molar-refractivity contribution in [3.8, 4) is 0 Å². The second-order valence-corrected chi connectivity index (χ2v) is 18.8. The Bertz CT molecular complexity index is 1890. The van der Waals surface area contributed by atoms with Crippen LogP contribution >= 0.6 is 0 Å². The number of carbonyl (C=O) groups excluding carboxylic acids is 2. The quantitative estimate of drug-likeness (QED) is 0.268. The Balaban J connectivity index is 1.05. The van der Waals surface area contributed by atoms with Gasteiger partial charge in [-0.15, -0.1) is 0 Å². The molecule has 14 unspecified atom stereocenters. The number of furan rings is 1. The van der Waals surface area contributed by atoms with Gasteiger partial charge in [0.15, 0.2) is 0 Å². The molecular formula is C44H52N4O3. The number of carbonyl (C=O) groups is 2. The molecule has 0 N–H and O–H groups in total. The van der Waals surface area contributed by atoms with Gasteiger partial charge in [0, 0.05) is 47.1 Å². The molecule has 0 radical (unpaired) electrons. The number of anilines is 1. The Kier molecular flexibility index (Phi) is 5.95. The highest BCUT2D eigenvalue weighted by Crippen LogP contribution is 2.62. The topological polar surface area (TPSA) is 60.2 Å². The summed E-state index contributed by atoms with van der Waals surface area (Å²) >= 11 is 0. The van der Waals surface area contributed by atoms with Crippen molar-refractivity contribution in [1.29, 1.82) is 0 Å². The molecule has 5 aliphatic heterocycles. The van der Waals surface area contributed by atoms with Gasteiger partial charge in [-0.2, -0.15) is 0 Å². The lowest BCUT2D eigenvalue weighted by Gasteiger charge is -2.78. The molecule has 0 bridgehead atoms. The third kappa shape index (κ3) is 3.53. The standard InChI is InChI=1S/C44H52N4O3/c49-43-27-11-3-1-9-23(27)25-19-21-33-41-38(25)46(43)31-15-7-16-32-40(31)48(41)42-34(22-20-26-24-10-2-4-12-28(24)44(50)47(32)39(26)42)45(33)30-14-8-18-36-37(30)29-13-5-6-17-35(29)51-36/h5-6,8,13-14,17-18,23-28,31-34,38-42H,1-4,7,9-12,15-16,19-22H2. The molecule has 5 aliphatic carbocycles. The van der Waals surface area contributed by atoms with E-state index in [1.54, 1.807) is 0 Å². The van der Waals surface area contributed by atoms with Crippen LogP contribution in [0.1, 0.15) is 96.3 Å². The van der Waals surface area contributed by atoms with Crippen LogP contribution in [0.5, 0.6) is 0 Å². The first kappa shape index (κ1) is 29.4. The maximum Gasteiger partial charge on any atom is 0.226 e. The summed E-state index contributed by atoms with van der Waals surface area (Å²) < 4.78 is 6.56. The first-order chi connectivity index (χ1) is 25.2. The molecule has 6 heterocycles. The number of fused-ring (bicyclic) bond motifs is 9. The minimum atomic E-state index is 0.219. The van der Waals surface area contributed by atoms with Crippen molar-refractivity contribution in [3.05, 3.63) is 42.5 Å². The molecule has 1 aromatic heterocycles. The Morgan fingerprint density at radius 3 is 1.69 bits per heavy atom. The van der Waals surface area contributed by atoms with Crippen LogP contribution < -0.4 is 4.90 Å². The van der Waals surface area contributed by atoms with Gasteiger partial charge in [0.25, 0.3) is 0 Å². The Hall–Kier alpha value is -3.06. The van der Waals surface area contributed by atoms with Crippen LogP contribution in [0, 0.1) is 35.5 Å². The monoisotopic (exact) mass is 684 g/mol. The smallest absolute Gasteiger partial charge is 0.226 e. The molecule has 0 spiro atoms. The lowest BCUT2D eigenvalue weighted by Crippen LogP contribution is -2.92. The normalized spacial score (nSPS) is 46.5. The van der Waals surface area contributed by atoms with Crippen molar-refractivity contribution < 1.29 is 14.0 Å². The Labute approximate surface area is 301 Å². The SMILES string of the molecule is O=C1C2CCCCC2C2CCC3C4C2N1C1CCCC2C1N4C1C4C(CCC1N3c1cccc3oc5ccccc5c13)C1CCCCC1C(=O)N24. The summed E-state index contributed by atoms with van der Waals surface area (Å²) in [7, 11) is 0. The Morgan fingerprint density at radius 1 is 0.471 bits per heavy atom. The highest BCUT2D eigenvalue weighted by atomic mass is 16.3. The van der Waals surface area contributed by atoms with Crippen LogP contribution in [-0.4, -0.2) is 80.9 Å². The predicted molar refractivity (Wildman–Crippen MR) is 196 cm³/mol. The van der Waals surface area contributed by atoms with Gasteiger partial charge in [0.05, 0.1) is 35.6 Å². The highest BCUT2D eigenvalue weighted by molar-refractivity contribution is 6.11. The molecule has 7 heteroatoms. The Morgan fingerprint density at radius 2 is 1.04 bits per heavy atom. The molecule has 2 aromatic carbocycles. The van der Waals surface area contributed by atoms with Gasteiger partial charge in [-0.05, 0) is 112 Å². The number of piperazine rings is 3. The lowest BCUT2D eigenvalue weighted by molar-refractivity contribution is -0.248. The number of benzene rings is 2. The van der Waals surface area contributed by atoms with Crippen LogP contribution in [0.3, 0.4) is 0 Å². The maximum absolute atomic E-state index is 15.1. The fourth-order valence-corrected chi connectivity index (χ4v) is 16.1. The van der Waals surface area contributed by atoms with Crippen LogP contribution in [0.25, 0.3) is 21.9 Å². The molecule has 2 amide bonds.